The molecule has 3 aromatic rings. The molecule has 2 heterocycles. The van der Waals surface area contributed by atoms with Gasteiger partial charge in [0.05, 0.1) is 29.4 Å². The normalized spacial score (nSPS) is 15.5. The summed E-state index contributed by atoms with van der Waals surface area (Å²) in [6.07, 6.45) is -1.91. The van der Waals surface area contributed by atoms with Crippen molar-refractivity contribution in [2.75, 3.05) is 17.5 Å². The average Bonchev–Trinajstić information content (AvgIpc) is 2.91. The van der Waals surface area contributed by atoms with E-state index in [2.05, 4.69) is 4.98 Å². The van der Waals surface area contributed by atoms with Crippen LogP contribution in [0.2, 0.25) is 10.0 Å². The van der Waals surface area contributed by atoms with E-state index in [1.807, 2.05) is 0 Å². The highest BCUT2D eigenvalue weighted by Crippen LogP contribution is 2.41. The Morgan fingerprint density at radius 1 is 1.22 bits per heavy atom. The maximum atomic E-state index is 14.0. The largest absolute Gasteiger partial charge is 0.486 e. The minimum absolute atomic E-state index is 0.0152. The number of rotatable bonds is 9. The lowest BCUT2D eigenvalue weighted by Crippen LogP contribution is -2.44. The van der Waals surface area contributed by atoms with Gasteiger partial charge in [0, 0.05) is 23.2 Å². The number of anilines is 1. The quantitative estimate of drug-likeness (QED) is 0.259. The number of aliphatic carboxylic acids is 1. The Labute approximate surface area is 244 Å². The van der Waals surface area contributed by atoms with Crippen molar-refractivity contribution in [3.63, 3.8) is 0 Å². The van der Waals surface area contributed by atoms with Crippen molar-refractivity contribution in [3.05, 3.63) is 75.4 Å². The molecular formula is C27H23Cl2F3N2O6S. The highest BCUT2D eigenvalue weighted by molar-refractivity contribution is 7.93. The molecule has 0 unspecified atom stereocenters. The van der Waals surface area contributed by atoms with Gasteiger partial charge in [0.25, 0.3) is 10.0 Å². The molecule has 1 N–H and O–H groups in total. The number of ether oxygens (including phenoxy) is 2. The van der Waals surface area contributed by atoms with Gasteiger partial charge in [0.15, 0.2) is 4.90 Å². The number of hydrogen-bond donors (Lipinski definition) is 1. The van der Waals surface area contributed by atoms with Crippen LogP contribution in [0.3, 0.4) is 0 Å². The monoisotopic (exact) mass is 630 g/mol. The summed E-state index contributed by atoms with van der Waals surface area (Å²) in [5.41, 5.74) is -0.750. The van der Waals surface area contributed by atoms with Crippen LogP contribution in [0.5, 0.6) is 11.6 Å². The number of fused-ring (bicyclic) bond motifs is 1. The second kappa shape index (κ2) is 12.2. The molecule has 1 aliphatic heterocycles. The summed E-state index contributed by atoms with van der Waals surface area (Å²) >= 11 is 12.1. The first kappa shape index (κ1) is 30.5. The van der Waals surface area contributed by atoms with Gasteiger partial charge in [-0.25, -0.2) is 13.4 Å². The lowest BCUT2D eigenvalue weighted by atomic mass is 10.0. The third-order valence-corrected chi connectivity index (χ3v) is 8.34. The molecule has 1 atom stereocenters. The van der Waals surface area contributed by atoms with E-state index in [0.29, 0.717) is 5.56 Å². The van der Waals surface area contributed by atoms with Crippen molar-refractivity contribution in [2.24, 2.45) is 0 Å². The van der Waals surface area contributed by atoms with Crippen molar-refractivity contribution in [3.8, 4) is 11.6 Å². The lowest BCUT2D eigenvalue weighted by molar-refractivity contribution is -0.138. The van der Waals surface area contributed by atoms with Crippen LogP contribution in [-0.4, -0.2) is 43.7 Å². The Morgan fingerprint density at radius 3 is 2.66 bits per heavy atom. The van der Waals surface area contributed by atoms with Crippen LogP contribution in [-0.2, 0) is 21.0 Å². The van der Waals surface area contributed by atoms with Crippen LogP contribution >= 0.6 is 23.2 Å². The second-order valence-electron chi connectivity index (χ2n) is 8.86. The molecule has 2 aromatic carbocycles. The van der Waals surface area contributed by atoms with Gasteiger partial charge in [-0.05, 0) is 49.2 Å². The first-order valence-corrected chi connectivity index (χ1v) is 14.4. The first-order valence-electron chi connectivity index (χ1n) is 12.2. The SMILES string of the molecule is CCOc1ncc(Cl)cc1S(=O)(=O)N1C[C@H](CCC(=O)O)Oc2ccc(/C=C/c3c(Cl)cccc3C(F)(F)F)cc21. The van der Waals surface area contributed by atoms with Crippen LogP contribution in [0.1, 0.15) is 36.5 Å². The van der Waals surface area contributed by atoms with Crippen LogP contribution in [0.4, 0.5) is 18.9 Å². The molecule has 14 heteroatoms. The minimum atomic E-state index is -4.65. The summed E-state index contributed by atoms with van der Waals surface area (Å²) < 4.78 is 81.0. The zero-order valence-electron chi connectivity index (χ0n) is 21.4. The summed E-state index contributed by atoms with van der Waals surface area (Å²) in [5, 5.41) is 9.06. The van der Waals surface area contributed by atoms with E-state index in [0.717, 1.165) is 10.4 Å². The van der Waals surface area contributed by atoms with Gasteiger partial charge in [0.2, 0.25) is 5.88 Å². The molecule has 1 aliphatic rings. The lowest BCUT2D eigenvalue weighted by Gasteiger charge is -2.35. The molecule has 41 heavy (non-hydrogen) atoms. The highest BCUT2D eigenvalue weighted by Gasteiger charge is 2.37. The highest BCUT2D eigenvalue weighted by atomic mass is 35.5. The van der Waals surface area contributed by atoms with Gasteiger partial charge in [-0.3, -0.25) is 9.10 Å². The van der Waals surface area contributed by atoms with E-state index in [-0.39, 0.29) is 63.8 Å². The second-order valence-corrected chi connectivity index (χ2v) is 11.5. The maximum absolute atomic E-state index is 14.0. The molecule has 0 radical (unpaired) electrons. The number of aromatic nitrogens is 1. The number of benzene rings is 2. The van der Waals surface area contributed by atoms with E-state index in [4.69, 9.17) is 37.8 Å². The number of alkyl halides is 3. The number of hydrogen-bond acceptors (Lipinski definition) is 6. The summed E-state index contributed by atoms with van der Waals surface area (Å²) in [4.78, 5) is 14.9. The van der Waals surface area contributed by atoms with Gasteiger partial charge < -0.3 is 14.6 Å². The van der Waals surface area contributed by atoms with E-state index in [9.17, 15) is 26.4 Å². The topological polar surface area (TPSA) is 106 Å². The van der Waals surface area contributed by atoms with Gasteiger partial charge in [-0.15, -0.1) is 0 Å². The summed E-state index contributed by atoms with van der Waals surface area (Å²) in [5.74, 6) is -1.12. The van der Waals surface area contributed by atoms with E-state index in [1.54, 1.807) is 6.92 Å². The fourth-order valence-electron chi connectivity index (χ4n) is 4.18. The van der Waals surface area contributed by atoms with Crippen molar-refractivity contribution < 1.29 is 41.0 Å². The zero-order valence-corrected chi connectivity index (χ0v) is 23.7. The number of nitrogens with zero attached hydrogens (tertiary/aromatic N) is 2. The number of carbonyl (C=O) groups is 1. The van der Waals surface area contributed by atoms with Crippen LogP contribution < -0.4 is 13.8 Å². The zero-order chi connectivity index (χ0) is 29.9. The fourth-order valence-corrected chi connectivity index (χ4v) is 6.25. The van der Waals surface area contributed by atoms with Gasteiger partial charge in [-0.1, -0.05) is 47.5 Å². The molecule has 4 rings (SSSR count). The minimum Gasteiger partial charge on any atom is -0.486 e. The number of sulfonamides is 1. The van der Waals surface area contributed by atoms with Crippen molar-refractivity contribution in [2.45, 2.75) is 36.9 Å². The Kier molecular flexibility index (Phi) is 9.05. The smallest absolute Gasteiger partial charge is 0.417 e. The van der Waals surface area contributed by atoms with E-state index in [1.165, 1.54) is 54.7 Å². The number of pyridine rings is 1. The molecule has 0 aliphatic carbocycles. The fraction of sp³-hybridized carbons (Fsp3) is 0.259. The molecule has 0 bridgehead atoms. The molecule has 218 valence electrons. The number of carboxylic acid groups (broad SMARTS) is 1. The third kappa shape index (κ3) is 6.88. The van der Waals surface area contributed by atoms with Gasteiger partial charge >= 0.3 is 12.1 Å². The average molecular weight is 631 g/mol. The van der Waals surface area contributed by atoms with Crippen LogP contribution in [0.15, 0.2) is 53.6 Å². The molecule has 0 saturated carbocycles. The first-order chi connectivity index (χ1) is 19.3. The van der Waals surface area contributed by atoms with Gasteiger partial charge in [0.1, 0.15) is 11.9 Å². The van der Waals surface area contributed by atoms with Crippen molar-refractivity contribution in [1.29, 1.82) is 0 Å². The van der Waals surface area contributed by atoms with Crippen LogP contribution in [0, 0.1) is 0 Å². The Balaban J connectivity index is 1.80. The van der Waals surface area contributed by atoms with Crippen molar-refractivity contribution in [1.82, 2.24) is 4.98 Å². The summed E-state index contributed by atoms with van der Waals surface area (Å²) in [7, 11) is -4.40. The third-order valence-electron chi connectivity index (χ3n) is 6.03. The molecular weight excluding hydrogens is 608 g/mol. The summed E-state index contributed by atoms with van der Waals surface area (Å²) in [6.45, 7) is 1.52. The molecule has 0 saturated heterocycles. The molecule has 0 fully saturated rings. The molecule has 1 aromatic heterocycles. The maximum Gasteiger partial charge on any atom is 0.417 e. The number of carboxylic acids is 1. The van der Waals surface area contributed by atoms with Crippen molar-refractivity contribution >= 4 is 57.0 Å². The summed E-state index contributed by atoms with van der Waals surface area (Å²) in [6, 6.07) is 9.04. The van der Waals surface area contributed by atoms with E-state index >= 15 is 0 Å². The molecule has 0 spiro atoms. The Bertz CT molecular complexity index is 1600. The Hall–Kier alpha value is -3.48. The van der Waals surface area contributed by atoms with E-state index < -0.39 is 33.8 Å². The predicted molar refractivity (Wildman–Crippen MR) is 148 cm³/mol. The van der Waals surface area contributed by atoms with Crippen LogP contribution in [0.25, 0.3) is 12.2 Å². The molecule has 0 amide bonds. The molecule has 8 nitrogen and oxygen atoms in total. The Morgan fingerprint density at radius 2 is 1.98 bits per heavy atom. The number of halogens is 5. The predicted octanol–water partition coefficient (Wildman–Crippen LogP) is 6.80. The standard InChI is InChI=1S/C27H23Cl2F3N2O6S/c1-2-39-26-24(13-17(28)14-33-26)41(37,38)34-15-18(8-11-25(35)36)40-23-10-7-16(12-22(23)34)6-9-19-20(27(30,31)32)4-3-5-21(19)29/h3-7,9-10,12-14,18H,2,8,11,15H2,1H3,(H,35,36)/b9-6+/t18-/m0/s1. The van der Waals surface area contributed by atoms with Gasteiger partial charge in [-0.2, -0.15) is 13.2 Å².